The predicted octanol–water partition coefficient (Wildman–Crippen LogP) is 0.975. The van der Waals surface area contributed by atoms with E-state index in [1.54, 1.807) is 11.8 Å². The number of rotatable bonds is 0. The van der Waals surface area contributed by atoms with Crippen LogP contribution in [0.1, 0.15) is 33.6 Å². The molecule has 12 heavy (non-hydrogen) atoms. The fourth-order valence-electron chi connectivity index (χ4n) is 1.99. The Morgan fingerprint density at radius 3 is 2.08 bits per heavy atom. The molecular weight excluding hydrogens is 154 g/mol. The molecule has 0 aromatic carbocycles. The lowest BCUT2D eigenvalue weighted by Crippen LogP contribution is -2.49. The number of carbonyl (C=O) groups excluding carboxylic acids is 2. The summed E-state index contributed by atoms with van der Waals surface area (Å²) in [5.74, 6) is 0.343. The Morgan fingerprint density at radius 2 is 1.75 bits per heavy atom. The van der Waals surface area contributed by atoms with Gasteiger partial charge >= 0.3 is 0 Å². The average molecular weight is 169 g/mol. The zero-order chi connectivity index (χ0) is 9.30. The lowest BCUT2D eigenvalue weighted by atomic mass is 9.96. The second kappa shape index (κ2) is 3.25. The first-order valence-electron chi connectivity index (χ1n) is 4.33. The Labute approximate surface area is 72.7 Å². The van der Waals surface area contributed by atoms with Crippen molar-refractivity contribution in [3.8, 4) is 0 Å². The zero-order valence-electron chi connectivity index (χ0n) is 7.83. The van der Waals surface area contributed by atoms with Crippen molar-refractivity contribution in [3.63, 3.8) is 0 Å². The third-order valence-corrected chi connectivity index (χ3v) is 2.36. The summed E-state index contributed by atoms with van der Waals surface area (Å²) in [6.07, 6.45) is 1.04. The van der Waals surface area contributed by atoms with E-state index in [2.05, 4.69) is 0 Å². The van der Waals surface area contributed by atoms with Crippen molar-refractivity contribution in [2.45, 2.75) is 45.7 Å². The first kappa shape index (κ1) is 9.23. The van der Waals surface area contributed by atoms with Crippen molar-refractivity contribution in [1.29, 1.82) is 0 Å². The highest BCUT2D eigenvalue weighted by Crippen LogP contribution is 2.19. The minimum Gasteiger partial charge on any atom is -0.337 e. The highest BCUT2D eigenvalue weighted by Gasteiger charge is 2.30. The van der Waals surface area contributed by atoms with Crippen LogP contribution >= 0.6 is 0 Å². The molecule has 2 unspecified atom stereocenters. The van der Waals surface area contributed by atoms with Crippen LogP contribution < -0.4 is 0 Å². The monoisotopic (exact) mass is 169 g/mol. The Hall–Kier alpha value is -0.860. The van der Waals surface area contributed by atoms with Gasteiger partial charge in [0.2, 0.25) is 5.91 Å². The number of likely N-dealkylation sites (tertiary alicyclic amines) is 1. The molecule has 0 aromatic rings. The van der Waals surface area contributed by atoms with E-state index < -0.39 is 0 Å². The topological polar surface area (TPSA) is 37.4 Å². The highest BCUT2D eigenvalue weighted by atomic mass is 16.2. The third kappa shape index (κ3) is 1.65. The van der Waals surface area contributed by atoms with Crippen molar-refractivity contribution in [2.75, 3.05) is 0 Å². The molecule has 1 rings (SSSR count). The van der Waals surface area contributed by atoms with Crippen LogP contribution in [0.3, 0.4) is 0 Å². The van der Waals surface area contributed by atoms with Crippen LogP contribution in [-0.4, -0.2) is 28.7 Å². The average Bonchev–Trinajstić information content (AvgIpc) is 1.82. The molecular formula is C9H15NO2. The maximum absolute atomic E-state index is 11.1. The second-order valence-electron chi connectivity index (χ2n) is 3.57. The predicted molar refractivity (Wildman–Crippen MR) is 45.7 cm³/mol. The van der Waals surface area contributed by atoms with Crippen molar-refractivity contribution in [2.24, 2.45) is 0 Å². The number of Topliss-reactive ketones (excluding diaryl/α,β-unsaturated/α-hetero) is 1. The van der Waals surface area contributed by atoms with Gasteiger partial charge in [-0.2, -0.15) is 0 Å². The molecule has 0 aromatic heterocycles. The van der Waals surface area contributed by atoms with Crippen molar-refractivity contribution < 1.29 is 9.59 Å². The Kier molecular flexibility index (Phi) is 2.50. The first-order chi connectivity index (χ1) is 5.52. The summed E-state index contributed by atoms with van der Waals surface area (Å²) >= 11 is 0. The van der Waals surface area contributed by atoms with Gasteiger partial charge < -0.3 is 4.90 Å². The molecule has 1 fully saturated rings. The lowest BCUT2D eigenvalue weighted by Gasteiger charge is -2.37. The number of amides is 1. The Morgan fingerprint density at radius 1 is 1.33 bits per heavy atom. The molecule has 0 bridgehead atoms. The molecule has 1 aliphatic heterocycles. The number of carbonyl (C=O) groups is 2. The number of nitrogens with zero attached hydrogens (tertiary/aromatic N) is 1. The van der Waals surface area contributed by atoms with Gasteiger partial charge in [-0.3, -0.25) is 9.59 Å². The van der Waals surface area contributed by atoms with E-state index in [0.29, 0.717) is 12.8 Å². The van der Waals surface area contributed by atoms with Crippen LogP contribution in [0.2, 0.25) is 0 Å². The molecule has 1 saturated heterocycles. The van der Waals surface area contributed by atoms with Crippen LogP contribution in [0.5, 0.6) is 0 Å². The Bertz CT molecular complexity index is 199. The summed E-state index contributed by atoms with van der Waals surface area (Å²) < 4.78 is 0. The van der Waals surface area contributed by atoms with Crippen molar-refractivity contribution in [1.82, 2.24) is 4.90 Å². The first-order valence-corrected chi connectivity index (χ1v) is 4.33. The normalized spacial score (nSPS) is 30.6. The maximum atomic E-state index is 11.1. The quantitative estimate of drug-likeness (QED) is 0.542. The van der Waals surface area contributed by atoms with Gasteiger partial charge in [-0.05, 0) is 13.8 Å². The van der Waals surface area contributed by atoms with Crippen molar-refractivity contribution in [3.05, 3.63) is 0 Å². The van der Waals surface area contributed by atoms with Gasteiger partial charge in [0.15, 0.2) is 0 Å². The summed E-state index contributed by atoms with van der Waals surface area (Å²) in [7, 11) is 0. The molecule has 0 radical (unpaired) electrons. The van der Waals surface area contributed by atoms with Crippen LogP contribution in [0, 0.1) is 0 Å². The molecule has 68 valence electrons. The van der Waals surface area contributed by atoms with Gasteiger partial charge in [-0.1, -0.05) is 0 Å². The molecule has 2 atom stereocenters. The molecule has 3 nitrogen and oxygen atoms in total. The molecule has 1 amide bonds. The zero-order valence-corrected chi connectivity index (χ0v) is 7.83. The van der Waals surface area contributed by atoms with Gasteiger partial charge in [0.05, 0.1) is 0 Å². The molecule has 3 heteroatoms. The molecule has 0 N–H and O–H groups in total. The molecule has 1 heterocycles. The summed E-state index contributed by atoms with van der Waals surface area (Å²) in [6.45, 7) is 5.41. The van der Waals surface area contributed by atoms with E-state index in [1.165, 1.54) is 0 Å². The van der Waals surface area contributed by atoms with E-state index in [9.17, 15) is 9.59 Å². The van der Waals surface area contributed by atoms with E-state index in [-0.39, 0.29) is 23.8 Å². The largest absolute Gasteiger partial charge is 0.337 e. The Balaban J connectivity index is 2.73. The van der Waals surface area contributed by atoms with Crippen molar-refractivity contribution >= 4 is 11.7 Å². The molecule has 0 spiro atoms. The maximum Gasteiger partial charge on any atom is 0.219 e. The highest BCUT2D eigenvalue weighted by molar-refractivity contribution is 5.83. The number of ketones is 1. The fraction of sp³-hybridized carbons (Fsp3) is 0.778. The van der Waals surface area contributed by atoms with E-state index in [1.807, 2.05) is 13.8 Å². The van der Waals surface area contributed by atoms with Gasteiger partial charge in [0.1, 0.15) is 5.78 Å². The van der Waals surface area contributed by atoms with Crippen LogP contribution in [-0.2, 0) is 9.59 Å². The molecule has 1 aliphatic rings. The van der Waals surface area contributed by atoms with Crippen LogP contribution in [0.15, 0.2) is 0 Å². The second-order valence-corrected chi connectivity index (χ2v) is 3.57. The lowest BCUT2D eigenvalue weighted by molar-refractivity contribution is -0.138. The number of piperidine rings is 1. The standard InChI is InChI=1S/C9H15NO2/c1-6-4-9(12)5-7(2)10(6)8(3)11/h6-7H,4-5H2,1-3H3. The van der Waals surface area contributed by atoms with Crippen LogP contribution in [0.25, 0.3) is 0 Å². The van der Waals surface area contributed by atoms with E-state index in [0.717, 1.165) is 0 Å². The summed E-state index contributed by atoms with van der Waals surface area (Å²) in [4.78, 5) is 24.0. The number of hydrogen-bond acceptors (Lipinski definition) is 2. The minimum absolute atomic E-state index is 0.0718. The van der Waals surface area contributed by atoms with Crippen LogP contribution in [0.4, 0.5) is 0 Å². The summed E-state index contributed by atoms with van der Waals surface area (Å²) in [5, 5.41) is 0. The molecule has 0 saturated carbocycles. The fourth-order valence-corrected chi connectivity index (χ4v) is 1.99. The summed E-state index contributed by atoms with van der Waals surface area (Å²) in [6, 6.07) is 0.164. The number of hydrogen-bond donors (Lipinski definition) is 0. The van der Waals surface area contributed by atoms with Gasteiger partial charge in [-0.25, -0.2) is 0 Å². The third-order valence-electron chi connectivity index (χ3n) is 2.36. The smallest absolute Gasteiger partial charge is 0.219 e. The van der Waals surface area contributed by atoms with E-state index in [4.69, 9.17) is 0 Å². The van der Waals surface area contributed by atoms with E-state index >= 15 is 0 Å². The summed E-state index contributed by atoms with van der Waals surface area (Å²) in [5.41, 5.74) is 0. The SMILES string of the molecule is CC(=O)N1C(C)CC(=O)CC1C. The molecule has 0 aliphatic carbocycles. The minimum atomic E-state index is 0.0718. The van der Waals surface area contributed by atoms with Gasteiger partial charge in [-0.15, -0.1) is 0 Å². The van der Waals surface area contributed by atoms with Gasteiger partial charge in [0, 0.05) is 31.8 Å². The van der Waals surface area contributed by atoms with Gasteiger partial charge in [0.25, 0.3) is 0 Å².